The molecule has 0 unspecified atom stereocenters. The fraction of sp³-hybridized carbons (Fsp3) is 0.250. The summed E-state index contributed by atoms with van der Waals surface area (Å²) in [6, 6.07) is 6.72. The van der Waals surface area contributed by atoms with Crippen LogP contribution in [-0.2, 0) is 13.0 Å². The second kappa shape index (κ2) is 5.59. The zero-order valence-electron chi connectivity index (χ0n) is 9.92. The first kappa shape index (κ1) is 12.5. The number of nitrogens with zero attached hydrogens (tertiary/aromatic N) is 2. The van der Waals surface area contributed by atoms with E-state index in [1.807, 2.05) is 12.3 Å². The minimum Gasteiger partial charge on any atom is -0.357 e. The second-order valence-corrected chi connectivity index (χ2v) is 4.60. The summed E-state index contributed by atoms with van der Waals surface area (Å²) in [6.45, 7) is 2.45. The van der Waals surface area contributed by atoms with Gasteiger partial charge in [-0.05, 0) is 6.42 Å². The van der Waals surface area contributed by atoms with Gasteiger partial charge in [-0.1, -0.05) is 25.1 Å². The molecule has 2 aromatic rings. The van der Waals surface area contributed by atoms with Crippen molar-refractivity contribution in [2.45, 2.75) is 19.9 Å². The highest BCUT2D eigenvalue weighted by atomic mass is 32.1. The van der Waals surface area contributed by atoms with Crippen LogP contribution in [0.5, 0.6) is 0 Å². The van der Waals surface area contributed by atoms with Gasteiger partial charge in [-0.2, -0.15) is 0 Å². The van der Waals surface area contributed by atoms with E-state index in [2.05, 4.69) is 10.3 Å². The number of para-hydroxylation sites is 1. The zero-order chi connectivity index (χ0) is 13.0. The van der Waals surface area contributed by atoms with Crippen LogP contribution in [0, 0.1) is 10.1 Å². The molecule has 2 rings (SSSR count). The van der Waals surface area contributed by atoms with Gasteiger partial charge in [-0.15, -0.1) is 11.3 Å². The molecule has 0 fully saturated rings. The number of nitrogens with one attached hydrogen (secondary N) is 1. The Labute approximate surface area is 109 Å². The second-order valence-electron chi connectivity index (χ2n) is 3.74. The lowest BCUT2D eigenvalue weighted by atomic mass is 10.2. The van der Waals surface area contributed by atoms with Gasteiger partial charge in [0.15, 0.2) is 5.13 Å². The SMILES string of the molecule is CCc1csc(NCc2ccccc2[N+](=O)[O-])n1. The predicted molar refractivity (Wildman–Crippen MR) is 71.9 cm³/mol. The lowest BCUT2D eigenvalue weighted by molar-refractivity contribution is -0.385. The molecule has 5 nitrogen and oxygen atoms in total. The van der Waals surface area contributed by atoms with E-state index < -0.39 is 0 Å². The van der Waals surface area contributed by atoms with Gasteiger partial charge in [0.25, 0.3) is 5.69 Å². The van der Waals surface area contributed by atoms with E-state index in [0.29, 0.717) is 12.1 Å². The summed E-state index contributed by atoms with van der Waals surface area (Å²) in [4.78, 5) is 14.8. The predicted octanol–water partition coefficient (Wildman–Crippen LogP) is 3.23. The minimum absolute atomic E-state index is 0.136. The van der Waals surface area contributed by atoms with Crippen molar-refractivity contribution in [1.82, 2.24) is 4.98 Å². The molecule has 0 amide bonds. The van der Waals surface area contributed by atoms with Crippen LogP contribution in [0.4, 0.5) is 10.8 Å². The van der Waals surface area contributed by atoms with Gasteiger partial charge in [-0.3, -0.25) is 10.1 Å². The molecule has 0 aliphatic heterocycles. The van der Waals surface area contributed by atoms with Crippen molar-refractivity contribution in [2.24, 2.45) is 0 Å². The van der Waals surface area contributed by atoms with Crippen LogP contribution >= 0.6 is 11.3 Å². The van der Waals surface area contributed by atoms with Gasteiger partial charge in [0, 0.05) is 23.6 Å². The number of hydrogen-bond acceptors (Lipinski definition) is 5. The highest BCUT2D eigenvalue weighted by Crippen LogP contribution is 2.21. The van der Waals surface area contributed by atoms with Crippen LogP contribution in [-0.4, -0.2) is 9.91 Å². The van der Waals surface area contributed by atoms with E-state index in [1.165, 1.54) is 17.4 Å². The highest BCUT2D eigenvalue weighted by Gasteiger charge is 2.12. The van der Waals surface area contributed by atoms with Crippen molar-refractivity contribution in [3.63, 3.8) is 0 Å². The lowest BCUT2D eigenvalue weighted by Gasteiger charge is -2.03. The Morgan fingerprint density at radius 1 is 1.44 bits per heavy atom. The standard InChI is InChI=1S/C12H13N3O2S/c1-2-10-8-18-12(14-10)13-7-9-5-3-4-6-11(9)15(16)17/h3-6,8H,2,7H2,1H3,(H,13,14). The van der Waals surface area contributed by atoms with Crippen LogP contribution in [0.25, 0.3) is 0 Å². The number of aryl methyl sites for hydroxylation is 1. The van der Waals surface area contributed by atoms with Crippen LogP contribution < -0.4 is 5.32 Å². The van der Waals surface area contributed by atoms with Crippen molar-refractivity contribution >= 4 is 22.2 Å². The van der Waals surface area contributed by atoms with Crippen molar-refractivity contribution in [2.75, 3.05) is 5.32 Å². The smallest absolute Gasteiger partial charge is 0.274 e. The average molecular weight is 263 g/mol. The number of benzene rings is 1. The Hall–Kier alpha value is -1.95. The fourth-order valence-corrected chi connectivity index (χ4v) is 2.35. The summed E-state index contributed by atoms with van der Waals surface area (Å²) < 4.78 is 0. The quantitative estimate of drug-likeness (QED) is 0.664. The van der Waals surface area contributed by atoms with Crippen molar-refractivity contribution in [1.29, 1.82) is 0 Å². The molecule has 1 N–H and O–H groups in total. The summed E-state index contributed by atoms with van der Waals surface area (Å²) in [6.07, 6.45) is 0.893. The highest BCUT2D eigenvalue weighted by molar-refractivity contribution is 7.13. The normalized spacial score (nSPS) is 10.3. The molecule has 0 aliphatic carbocycles. The number of hydrogen-bond donors (Lipinski definition) is 1. The third-order valence-corrected chi connectivity index (χ3v) is 3.38. The van der Waals surface area contributed by atoms with E-state index in [4.69, 9.17) is 0 Å². The summed E-state index contributed by atoms with van der Waals surface area (Å²) >= 11 is 1.52. The molecule has 18 heavy (non-hydrogen) atoms. The third kappa shape index (κ3) is 2.84. The third-order valence-electron chi connectivity index (χ3n) is 2.53. The number of thiazole rings is 1. The molecule has 1 aromatic heterocycles. The maximum atomic E-state index is 10.8. The molecule has 94 valence electrons. The maximum absolute atomic E-state index is 10.8. The van der Waals surface area contributed by atoms with E-state index >= 15 is 0 Å². The summed E-state index contributed by atoms with van der Waals surface area (Å²) in [5.41, 5.74) is 1.83. The van der Waals surface area contributed by atoms with Gasteiger partial charge >= 0.3 is 0 Å². The first-order valence-corrected chi connectivity index (χ1v) is 6.49. The largest absolute Gasteiger partial charge is 0.357 e. The molecule has 1 heterocycles. The Morgan fingerprint density at radius 2 is 2.22 bits per heavy atom. The van der Waals surface area contributed by atoms with Gasteiger partial charge in [0.2, 0.25) is 0 Å². The molecule has 0 saturated heterocycles. The molecule has 0 atom stereocenters. The molecular formula is C12H13N3O2S. The summed E-state index contributed by atoms with van der Waals surface area (Å²) in [7, 11) is 0. The maximum Gasteiger partial charge on any atom is 0.274 e. The molecular weight excluding hydrogens is 250 g/mol. The zero-order valence-corrected chi connectivity index (χ0v) is 10.7. The molecule has 0 bridgehead atoms. The van der Waals surface area contributed by atoms with Gasteiger partial charge in [-0.25, -0.2) is 4.98 Å². The Kier molecular flexibility index (Phi) is 3.88. The van der Waals surface area contributed by atoms with E-state index in [9.17, 15) is 10.1 Å². The number of rotatable bonds is 5. The summed E-state index contributed by atoms with van der Waals surface area (Å²) in [5.74, 6) is 0. The monoisotopic (exact) mass is 263 g/mol. The topological polar surface area (TPSA) is 68.1 Å². The molecule has 0 spiro atoms. The van der Waals surface area contributed by atoms with Crippen LogP contribution in [0.3, 0.4) is 0 Å². The van der Waals surface area contributed by atoms with E-state index in [0.717, 1.165) is 17.2 Å². The van der Waals surface area contributed by atoms with Crippen molar-refractivity contribution < 1.29 is 4.92 Å². The van der Waals surface area contributed by atoms with Crippen LogP contribution in [0.2, 0.25) is 0 Å². The van der Waals surface area contributed by atoms with E-state index in [-0.39, 0.29) is 10.6 Å². The first-order valence-electron chi connectivity index (χ1n) is 5.61. The number of anilines is 1. The molecule has 0 radical (unpaired) electrons. The number of aromatic nitrogens is 1. The lowest BCUT2D eigenvalue weighted by Crippen LogP contribution is -2.02. The first-order chi connectivity index (χ1) is 8.70. The number of nitro benzene ring substituents is 1. The van der Waals surface area contributed by atoms with Gasteiger partial charge in [0.05, 0.1) is 10.6 Å². The number of nitro groups is 1. The average Bonchev–Trinajstić information content (AvgIpc) is 2.84. The molecule has 0 aliphatic rings. The summed E-state index contributed by atoms with van der Waals surface area (Å²) in [5, 5.41) is 16.7. The van der Waals surface area contributed by atoms with Gasteiger partial charge < -0.3 is 5.32 Å². The van der Waals surface area contributed by atoms with Crippen molar-refractivity contribution in [3.8, 4) is 0 Å². The van der Waals surface area contributed by atoms with E-state index in [1.54, 1.807) is 18.2 Å². The molecule has 0 saturated carbocycles. The Bertz CT molecular complexity index is 554. The van der Waals surface area contributed by atoms with Crippen LogP contribution in [0.15, 0.2) is 29.6 Å². The Morgan fingerprint density at radius 3 is 2.89 bits per heavy atom. The van der Waals surface area contributed by atoms with Crippen molar-refractivity contribution in [3.05, 3.63) is 51.0 Å². The molecule has 1 aromatic carbocycles. The van der Waals surface area contributed by atoms with Crippen LogP contribution in [0.1, 0.15) is 18.2 Å². The molecule has 6 heteroatoms. The Balaban J connectivity index is 2.08. The fourth-order valence-electron chi connectivity index (χ4n) is 1.56. The minimum atomic E-state index is -0.365. The van der Waals surface area contributed by atoms with Gasteiger partial charge in [0.1, 0.15) is 0 Å².